The van der Waals surface area contributed by atoms with Crippen LogP contribution in [0.5, 0.6) is 0 Å². The highest BCUT2D eigenvalue weighted by Crippen LogP contribution is 2.37. The molecule has 3 rings (SSSR count). The molecule has 27 heavy (non-hydrogen) atoms. The Morgan fingerprint density at radius 1 is 1.37 bits per heavy atom. The first-order valence-electron chi connectivity index (χ1n) is 7.52. The van der Waals surface area contributed by atoms with Crippen molar-refractivity contribution in [3.63, 3.8) is 0 Å². The first kappa shape index (κ1) is 19.1. The van der Waals surface area contributed by atoms with Gasteiger partial charge in [0.25, 0.3) is 5.91 Å². The van der Waals surface area contributed by atoms with Crippen LogP contribution in [0.25, 0.3) is 10.1 Å². The van der Waals surface area contributed by atoms with Crippen LogP contribution in [0.2, 0.25) is 5.02 Å². The van der Waals surface area contributed by atoms with Crippen molar-refractivity contribution < 1.29 is 14.3 Å². The van der Waals surface area contributed by atoms with Crippen LogP contribution >= 0.6 is 35.2 Å². The van der Waals surface area contributed by atoms with E-state index in [2.05, 4.69) is 15.7 Å². The number of aryl methyl sites for hydroxylation is 1. The lowest BCUT2D eigenvalue weighted by atomic mass is 10.2. The number of nitrogens with one attached hydrogen (secondary N) is 2. The zero-order valence-electron chi connectivity index (χ0n) is 14.2. The van der Waals surface area contributed by atoms with E-state index < -0.39 is 11.9 Å². The summed E-state index contributed by atoms with van der Waals surface area (Å²) in [7, 11) is 2.97. The van der Waals surface area contributed by atoms with Crippen molar-refractivity contribution in [2.24, 2.45) is 12.8 Å². The van der Waals surface area contributed by atoms with Crippen LogP contribution in [0, 0.1) is 0 Å². The number of thiophene rings is 1. The molecule has 4 N–H and O–H groups in total. The summed E-state index contributed by atoms with van der Waals surface area (Å²) in [6, 6.07) is 5.36. The lowest BCUT2D eigenvalue weighted by Crippen LogP contribution is -2.21. The van der Waals surface area contributed by atoms with E-state index in [4.69, 9.17) is 34.3 Å². The van der Waals surface area contributed by atoms with Gasteiger partial charge >= 0.3 is 5.97 Å². The number of hydrogen-bond acceptors (Lipinski definition) is 6. The Bertz CT molecular complexity index is 1080. The monoisotopic (exact) mass is 423 g/mol. The van der Waals surface area contributed by atoms with Gasteiger partial charge in [-0.25, -0.2) is 4.79 Å². The van der Waals surface area contributed by atoms with Crippen LogP contribution in [-0.4, -0.2) is 33.9 Å². The standard InChI is InChI=1S/C16H14ClN5O3S2/c1-22-6-9(12(21-22)14(18)23)20-16(26)19-7-3-4-8-10(5-7)27-13(11(8)17)15(24)25-2/h3-6H,1-2H3,(H2,18,23)(H2,19,20,26). The number of primary amides is 1. The second-order valence-corrected chi connectivity index (χ2v) is 7.29. The van der Waals surface area contributed by atoms with Gasteiger partial charge in [-0.1, -0.05) is 11.6 Å². The van der Waals surface area contributed by atoms with Crippen molar-refractivity contribution in [1.82, 2.24) is 9.78 Å². The molecular weight excluding hydrogens is 410 g/mol. The Balaban J connectivity index is 1.81. The molecule has 0 saturated heterocycles. The normalized spacial score (nSPS) is 10.6. The van der Waals surface area contributed by atoms with Crippen molar-refractivity contribution in [1.29, 1.82) is 0 Å². The fraction of sp³-hybridized carbons (Fsp3) is 0.125. The fourth-order valence-corrected chi connectivity index (χ4v) is 4.11. The molecule has 0 fully saturated rings. The van der Waals surface area contributed by atoms with Crippen LogP contribution in [0.4, 0.5) is 11.4 Å². The summed E-state index contributed by atoms with van der Waals surface area (Å²) in [6.07, 6.45) is 1.60. The number of amides is 1. The third-order valence-electron chi connectivity index (χ3n) is 3.57. The molecule has 3 aromatic rings. The number of benzene rings is 1. The molecular formula is C16H14ClN5O3S2. The average molecular weight is 424 g/mol. The summed E-state index contributed by atoms with van der Waals surface area (Å²) in [5, 5.41) is 11.2. The molecule has 0 radical (unpaired) electrons. The van der Waals surface area contributed by atoms with Crippen molar-refractivity contribution in [3.8, 4) is 0 Å². The van der Waals surface area contributed by atoms with Gasteiger partial charge in [0.05, 0.1) is 17.8 Å². The number of thiocarbonyl (C=S) groups is 1. The number of halogens is 1. The van der Waals surface area contributed by atoms with Crippen LogP contribution in [0.3, 0.4) is 0 Å². The number of nitrogens with two attached hydrogens (primary N) is 1. The molecule has 2 aromatic heterocycles. The largest absolute Gasteiger partial charge is 0.465 e. The quantitative estimate of drug-likeness (QED) is 0.437. The molecule has 140 valence electrons. The highest BCUT2D eigenvalue weighted by Gasteiger charge is 2.18. The summed E-state index contributed by atoms with van der Waals surface area (Å²) in [4.78, 5) is 23.5. The minimum atomic E-state index is -0.661. The van der Waals surface area contributed by atoms with Crippen molar-refractivity contribution in [3.05, 3.63) is 40.0 Å². The third kappa shape index (κ3) is 3.87. The number of aromatic nitrogens is 2. The third-order valence-corrected chi connectivity index (χ3v) is 5.41. The summed E-state index contributed by atoms with van der Waals surface area (Å²) in [5.74, 6) is -1.14. The SMILES string of the molecule is COC(=O)c1sc2cc(NC(=S)Nc3cn(C)nc3C(N)=O)ccc2c1Cl. The van der Waals surface area contributed by atoms with Gasteiger partial charge in [0.2, 0.25) is 0 Å². The zero-order valence-corrected chi connectivity index (χ0v) is 16.6. The van der Waals surface area contributed by atoms with Crippen LogP contribution in [0.15, 0.2) is 24.4 Å². The molecule has 0 bridgehead atoms. The number of anilines is 2. The van der Waals surface area contributed by atoms with E-state index in [-0.39, 0.29) is 10.8 Å². The number of nitrogens with zero attached hydrogens (tertiary/aromatic N) is 2. The predicted molar refractivity (Wildman–Crippen MR) is 110 cm³/mol. The van der Waals surface area contributed by atoms with Crippen LogP contribution < -0.4 is 16.4 Å². The zero-order chi connectivity index (χ0) is 19.7. The lowest BCUT2D eigenvalue weighted by molar-refractivity contribution is 0.0606. The molecule has 0 spiro atoms. The van der Waals surface area contributed by atoms with Gasteiger partial charge in [0, 0.05) is 29.0 Å². The van der Waals surface area contributed by atoms with E-state index in [0.29, 0.717) is 21.3 Å². The molecule has 0 aliphatic carbocycles. The molecule has 11 heteroatoms. The van der Waals surface area contributed by atoms with Crippen molar-refractivity contribution in [2.45, 2.75) is 0 Å². The number of carbonyl (C=O) groups is 2. The van der Waals surface area contributed by atoms with E-state index >= 15 is 0 Å². The van der Waals surface area contributed by atoms with Gasteiger partial charge in [-0.2, -0.15) is 5.10 Å². The lowest BCUT2D eigenvalue weighted by Gasteiger charge is -2.09. The minimum absolute atomic E-state index is 0.0878. The molecule has 8 nitrogen and oxygen atoms in total. The van der Waals surface area contributed by atoms with E-state index in [1.54, 1.807) is 25.4 Å². The Hall–Kier alpha value is -2.69. The number of methoxy groups -OCH3 is 1. The molecule has 0 aliphatic heterocycles. The Kier molecular flexibility index (Phi) is 5.31. The first-order valence-corrected chi connectivity index (χ1v) is 9.12. The number of ether oxygens (including phenoxy) is 1. The van der Waals surface area contributed by atoms with Crippen LogP contribution in [0.1, 0.15) is 20.2 Å². The highest BCUT2D eigenvalue weighted by molar-refractivity contribution is 7.80. The molecule has 2 heterocycles. The van der Waals surface area contributed by atoms with Gasteiger partial charge in [0.15, 0.2) is 10.8 Å². The second-order valence-electron chi connectivity index (χ2n) is 5.46. The molecule has 0 aliphatic rings. The minimum Gasteiger partial charge on any atom is -0.465 e. The Morgan fingerprint density at radius 3 is 2.78 bits per heavy atom. The molecule has 1 amide bonds. The van der Waals surface area contributed by atoms with E-state index in [1.807, 2.05) is 6.07 Å². The number of rotatable bonds is 4. The number of fused-ring (bicyclic) bond motifs is 1. The second kappa shape index (κ2) is 7.51. The van der Waals surface area contributed by atoms with Gasteiger partial charge in [-0.05, 0) is 30.4 Å². The van der Waals surface area contributed by atoms with E-state index in [9.17, 15) is 9.59 Å². The van der Waals surface area contributed by atoms with E-state index in [0.717, 1.165) is 10.1 Å². The number of carbonyl (C=O) groups excluding carboxylic acids is 2. The molecule has 0 saturated carbocycles. The van der Waals surface area contributed by atoms with Gasteiger partial charge in [0.1, 0.15) is 4.88 Å². The maximum atomic E-state index is 11.8. The number of esters is 1. The highest BCUT2D eigenvalue weighted by atomic mass is 35.5. The summed E-state index contributed by atoms with van der Waals surface area (Å²) < 4.78 is 6.99. The van der Waals surface area contributed by atoms with Crippen molar-refractivity contribution >= 4 is 73.6 Å². The molecule has 1 aromatic carbocycles. The Morgan fingerprint density at radius 2 is 2.11 bits per heavy atom. The molecule has 0 atom stereocenters. The first-order chi connectivity index (χ1) is 12.8. The van der Waals surface area contributed by atoms with Crippen molar-refractivity contribution in [2.75, 3.05) is 17.7 Å². The topological polar surface area (TPSA) is 111 Å². The van der Waals surface area contributed by atoms with Gasteiger partial charge in [-0.15, -0.1) is 11.3 Å². The number of hydrogen-bond donors (Lipinski definition) is 3. The molecule has 0 unspecified atom stereocenters. The maximum Gasteiger partial charge on any atom is 0.349 e. The summed E-state index contributed by atoms with van der Waals surface area (Å²) >= 11 is 12.7. The summed E-state index contributed by atoms with van der Waals surface area (Å²) in [5.41, 5.74) is 6.47. The Labute approximate surface area is 168 Å². The average Bonchev–Trinajstić information content (AvgIpc) is 3.14. The van der Waals surface area contributed by atoms with E-state index in [1.165, 1.54) is 23.1 Å². The van der Waals surface area contributed by atoms with Gasteiger partial charge < -0.3 is 21.1 Å². The van der Waals surface area contributed by atoms with Gasteiger partial charge in [-0.3, -0.25) is 9.48 Å². The predicted octanol–water partition coefficient (Wildman–Crippen LogP) is 2.98. The van der Waals surface area contributed by atoms with Crippen LogP contribution in [-0.2, 0) is 11.8 Å². The maximum absolute atomic E-state index is 11.8. The fourth-order valence-electron chi connectivity index (χ4n) is 2.41. The summed E-state index contributed by atoms with van der Waals surface area (Å²) in [6.45, 7) is 0. The smallest absolute Gasteiger partial charge is 0.349 e.